The molecule has 4 heteroatoms. The van der Waals surface area contributed by atoms with E-state index >= 15 is 0 Å². The lowest BCUT2D eigenvalue weighted by molar-refractivity contribution is 0.000184. The monoisotopic (exact) mass is 352 g/mol. The highest BCUT2D eigenvalue weighted by molar-refractivity contribution is 4.98. The van der Waals surface area contributed by atoms with Gasteiger partial charge in [-0.25, -0.2) is 0 Å². The molecule has 0 aromatic heterocycles. The van der Waals surface area contributed by atoms with Crippen LogP contribution in [0, 0.1) is 0 Å². The van der Waals surface area contributed by atoms with E-state index in [0.29, 0.717) is 23.7 Å². The van der Waals surface area contributed by atoms with Crippen LogP contribution in [-0.2, 0) is 0 Å². The minimum absolute atomic E-state index is 0.227. The van der Waals surface area contributed by atoms with Crippen molar-refractivity contribution in [3.8, 4) is 0 Å². The second-order valence-corrected chi connectivity index (χ2v) is 11.2. The second-order valence-electron chi connectivity index (χ2n) is 11.2. The SMILES string of the molecule is CC(CCC(C)(C)N1CC(NC(C)(C)C)C1)N1CC(NC(C)(C)C)C1. The third-order valence-corrected chi connectivity index (χ3v) is 5.72. The Hall–Kier alpha value is -0.160. The van der Waals surface area contributed by atoms with Crippen LogP contribution in [0.3, 0.4) is 0 Å². The molecule has 2 fully saturated rings. The van der Waals surface area contributed by atoms with Gasteiger partial charge >= 0.3 is 0 Å². The van der Waals surface area contributed by atoms with Gasteiger partial charge in [0.05, 0.1) is 0 Å². The normalized spacial score (nSPS) is 23.4. The lowest BCUT2D eigenvalue weighted by Gasteiger charge is -2.52. The van der Waals surface area contributed by atoms with Crippen LogP contribution >= 0.6 is 0 Å². The van der Waals surface area contributed by atoms with Crippen molar-refractivity contribution in [2.45, 2.75) is 110 Å². The molecule has 148 valence electrons. The Bertz CT molecular complexity index is 420. The quantitative estimate of drug-likeness (QED) is 0.737. The van der Waals surface area contributed by atoms with Crippen molar-refractivity contribution < 1.29 is 0 Å². The maximum atomic E-state index is 3.73. The summed E-state index contributed by atoms with van der Waals surface area (Å²) in [6.07, 6.45) is 2.58. The highest BCUT2D eigenvalue weighted by Gasteiger charge is 2.39. The van der Waals surface area contributed by atoms with Crippen molar-refractivity contribution in [1.82, 2.24) is 20.4 Å². The molecular formula is C21H44N4. The number of nitrogens with zero attached hydrogens (tertiary/aromatic N) is 2. The van der Waals surface area contributed by atoms with Crippen LogP contribution in [0.4, 0.5) is 0 Å². The summed E-state index contributed by atoms with van der Waals surface area (Å²) < 4.78 is 0. The molecule has 2 aliphatic heterocycles. The molecule has 0 bridgehead atoms. The van der Waals surface area contributed by atoms with Crippen molar-refractivity contribution in [1.29, 1.82) is 0 Å². The minimum Gasteiger partial charge on any atom is -0.307 e. The Kier molecular flexibility index (Phi) is 6.31. The van der Waals surface area contributed by atoms with Crippen molar-refractivity contribution in [3.63, 3.8) is 0 Å². The highest BCUT2D eigenvalue weighted by atomic mass is 15.3. The van der Waals surface area contributed by atoms with E-state index in [1.807, 2.05) is 0 Å². The summed E-state index contributed by atoms with van der Waals surface area (Å²) in [5.74, 6) is 0. The molecule has 0 aromatic rings. The van der Waals surface area contributed by atoms with E-state index in [2.05, 4.69) is 82.7 Å². The number of hydrogen-bond donors (Lipinski definition) is 2. The summed E-state index contributed by atoms with van der Waals surface area (Å²) in [6, 6.07) is 2.04. The molecule has 0 radical (unpaired) electrons. The van der Waals surface area contributed by atoms with E-state index in [0.717, 1.165) is 0 Å². The molecule has 25 heavy (non-hydrogen) atoms. The Morgan fingerprint density at radius 1 is 0.800 bits per heavy atom. The molecule has 0 saturated carbocycles. The van der Waals surface area contributed by atoms with E-state index in [1.165, 1.54) is 39.0 Å². The van der Waals surface area contributed by atoms with Gasteiger partial charge in [-0.1, -0.05) is 0 Å². The zero-order valence-corrected chi connectivity index (χ0v) is 18.4. The van der Waals surface area contributed by atoms with Gasteiger partial charge in [-0.15, -0.1) is 0 Å². The predicted molar refractivity (Wildman–Crippen MR) is 109 cm³/mol. The van der Waals surface area contributed by atoms with E-state index in [1.54, 1.807) is 0 Å². The maximum absolute atomic E-state index is 3.73. The van der Waals surface area contributed by atoms with Crippen molar-refractivity contribution >= 4 is 0 Å². The van der Waals surface area contributed by atoms with Crippen LogP contribution in [0.5, 0.6) is 0 Å². The summed E-state index contributed by atoms with van der Waals surface area (Å²) in [4.78, 5) is 5.29. The molecule has 2 rings (SSSR count). The summed E-state index contributed by atoms with van der Waals surface area (Å²) in [5.41, 5.74) is 0.778. The minimum atomic E-state index is 0.227. The number of rotatable bonds is 7. The largest absolute Gasteiger partial charge is 0.307 e. The third kappa shape index (κ3) is 6.50. The van der Waals surface area contributed by atoms with Crippen LogP contribution in [0.15, 0.2) is 0 Å². The average molecular weight is 353 g/mol. The topological polar surface area (TPSA) is 30.5 Å². The molecule has 0 aromatic carbocycles. The Labute approximate surface area is 157 Å². The molecule has 4 nitrogen and oxygen atoms in total. The standard InChI is InChI=1S/C21H44N4/c1-16(24-12-17(13-24)22-19(2,3)4)10-11-21(8,9)25-14-18(15-25)23-20(5,6)7/h16-18,22-23H,10-15H2,1-9H3. The van der Waals surface area contributed by atoms with Gasteiger partial charge in [-0.3, -0.25) is 9.80 Å². The molecule has 2 aliphatic rings. The lowest BCUT2D eigenvalue weighted by Crippen LogP contribution is -2.67. The van der Waals surface area contributed by atoms with E-state index < -0.39 is 0 Å². The first-order chi connectivity index (χ1) is 11.3. The molecule has 2 heterocycles. The second kappa shape index (κ2) is 7.46. The zero-order valence-electron chi connectivity index (χ0n) is 18.4. The summed E-state index contributed by atoms with van der Waals surface area (Å²) in [5, 5.41) is 7.44. The molecule has 0 spiro atoms. The van der Waals surface area contributed by atoms with Gasteiger partial charge in [0.1, 0.15) is 0 Å². The van der Waals surface area contributed by atoms with E-state index in [4.69, 9.17) is 0 Å². The summed E-state index contributed by atoms with van der Waals surface area (Å²) in [6.45, 7) is 25.6. The Morgan fingerprint density at radius 3 is 1.68 bits per heavy atom. The summed E-state index contributed by atoms with van der Waals surface area (Å²) >= 11 is 0. The number of nitrogens with one attached hydrogen (secondary N) is 2. The Balaban J connectivity index is 1.66. The van der Waals surface area contributed by atoms with Gasteiger partial charge in [0.25, 0.3) is 0 Å². The number of hydrogen-bond acceptors (Lipinski definition) is 4. The van der Waals surface area contributed by atoms with Gasteiger partial charge in [-0.2, -0.15) is 0 Å². The molecule has 1 atom stereocenters. The van der Waals surface area contributed by atoms with Crippen LogP contribution in [-0.4, -0.2) is 70.7 Å². The first-order valence-electron chi connectivity index (χ1n) is 10.3. The smallest absolute Gasteiger partial charge is 0.0327 e. The highest BCUT2D eigenvalue weighted by Crippen LogP contribution is 2.29. The van der Waals surface area contributed by atoms with Crippen molar-refractivity contribution in [3.05, 3.63) is 0 Å². The lowest BCUT2D eigenvalue weighted by atomic mass is 9.88. The maximum Gasteiger partial charge on any atom is 0.0327 e. The van der Waals surface area contributed by atoms with Crippen LogP contribution in [0.25, 0.3) is 0 Å². The predicted octanol–water partition coefficient (Wildman–Crippen LogP) is 3.08. The fourth-order valence-corrected chi connectivity index (χ4v) is 4.16. The van der Waals surface area contributed by atoms with Crippen LogP contribution < -0.4 is 10.6 Å². The first-order valence-corrected chi connectivity index (χ1v) is 10.3. The number of likely N-dealkylation sites (tertiary alicyclic amines) is 2. The van der Waals surface area contributed by atoms with Gasteiger partial charge in [0, 0.05) is 60.9 Å². The van der Waals surface area contributed by atoms with Crippen molar-refractivity contribution in [2.75, 3.05) is 26.2 Å². The molecule has 1 unspecified atom stereocenters. The van der Waals surface area contributed by atoms with Gasteiger partial charge < -0.3 is 10.6 Å². The fourth-order valence-electron chi connectivity index (χ4n) is 4.16. The molecule has 2 N–H and O–H groups in total. The zero-order chi connectivity index (χ0) is 19.0. The van der Waals surface area contributed by atoms with Crippen LogP contribution in [0.1, 0.15) is 75.2 Å². The van der Waals surface area contributed by atoms with E-state index in [-0.39, 0.29) is 11.1 Å². The molecule has 2 saturated heterocycles. The Morgan fingerprint density at radius 2 is 1.24 bits per heavy atom. The molecular weight excluding hydrogens is 308 g/mol. The molecule has 0 amide bonds. The van der Waals surface area contributed by atoms with Crippen molar-refractivity contribution in [2.24, 2.45) is 0 Å². The molecule has 0 aliphatic carbocycles. The average Bonchev–Trinajstić information content (AvgIpc) is 2.32. The third-order valence-electron chi connectivity index (χ3n) is 5.72. The van der Waals surface area contributed by atoms with Gasteiger partial charge in [-0.05, 0) is 75.2 Å². The van der Waals surface area contributed by atoms with E-state index in [9.17, 15) is 0 Å². The fraction of sp³-hybridized carbons (Fsp3) is 1.00. The van der Waals surface area contributed by atoms with Crippen LogP contribution in [0.2, 0.25) is 0 Å². The summed E-state index contributed by atoms with van der Waals surface area (Å²) in [7, 11) is 0. The van der Waals surface area contributed by atoms with Gasteiger partial charge in [0.15, 0.2) is 0 Å². The first kappa shape index (κ1) is 21.1. The van der Waals surface area contributed by atoms with Gasteiger partial charge in [0.2, 0.25) is 0 Å².